The molecule has 5 aliphatic carbocycles. The van der Waals surface area contributed by atoms with E-state index in [4.69, 9.17) is 66.3 Å². The second-order valence-corrected chi connectivity index (χ2v) is 26.1. The molecule has 0 bridgehead atoms. The fourth-order valence-electron chi connectivity index (χ4n) is 14.8. The summed E-state index contributed by atoms with van der Waals surface area (Å²) in [6, 6.07) is 0. The number of methoxy groups -OCH3 is 6. The van der Waals surface area contributed by atoms with E-state index < -0.39 is 29.6 Å². The van der Waals surface area contributed by atoms with Gasteiger partial charge in [-0.3, -0.25) is 33.6 Å². The van der Waals surface area contributed by atoms with Crippen LogP contribution < -0.4 is 0 Å². The molecule has 5 aliphatic rings. The van der Waals surface area contributed by atoms with Gasteiger partial charge in [0, 0.05) is 42.7 Å². The van der Waals surface area contributed by atoms with Gasteiger partial charge in [-0.25, -0.2) is 0 Å². The molecule has 0 amide bonds. The average molecular weight is 1270 g/mol. The lowest BCUT2D eigenvalue weighted by Crippen LogP contribution is -2.40. The van der Waals surface area contributed by atoms with Crippen LogP contribution in [0.1, 0.15) is 192 Å². The normalized spacial score (nSPS) is 29.2. The van der Waals surface area contributed by atoms with Crippen LogP contribution in [0.2, 0.25) is 0 Å². The van der Waals surface area contributed by atoms with Crippen molar-refractivity contribution >= 4 is 41.8 Å². The van der Waals surface area contributed by atoms with Crippen LogP contribution >= 0.6 is 0 Å². The van der Waals surface area contributed by atoms with E-state index >= 15 is 0 Å². The van der Waals surface area contributed by atoms with E-state index in [1.165, 1.54) is 35.5 Å². The molecule has 0 aromatic carbocycles. The average Bonchev–Trinajstić information content (AvgIpc) is 2.06. The van der Waals surface area contributed by atoms with E-state index in [2.05, 4.69) is 34.6 Å². The van der Waals surface area contributed by atoms with Gasteiger partial charge in [0.1, 0.15) is 5.60 Å². The van der Waals surface area contributed by atoms with Gasteiger partial charge in [-0.1, -0.05) is 134 Å². The van der Waals surface area contributed by atoms with Gasteiger partial charge in [0.05, 0.1) is 54.6 Å². The zero-order valence-corrected chi connectivity index (χ0v) is 58.0. The third-order valence-electron chi connectivity index (χ3n) is 19.6. The van der Waals surface area contributed by atoms with Crippen LogP contribution in [0.15, 0.2) is 0 Å². The maximum atomic E-state index is 13.1. The van der Waals surface area contributed by atoms with Gasteiger partial charge in [-0.05, 0) is 116 Å². The van der Waals surface area contributed by atoms with Crippen molar-refractivity contribution in [3.63, 3.8) is 0 Å². The molecule has 0 spiro atoms. The standard InChI is InChI=1S/C20H34O5.C19H34O6.C15H26O6.C14H26O4/c1-5-14-12-15(6-2)17(16(14)18(21)24-13-23-4)19(22)25-20(7-3)10-8-9-11-20;1-7-13-9-14(8-2)16(15(13)17(20)24-11-22-6)18(21)25-12-23-10-19(3,4)5;1-5-10-7-11(6-2)13(15(17)21-9-19-4)12(10)14(16)20-8-18-3;1-5-10-7-11(6-2)13(12(10)8-16-3)14(15)18-9-17-4/h14-17H,5-13H2,1-4H3;13-16H,7-12H2,1-6H3;10-13H,5-9H2,1-4H3;10-13H,5-9H2,1-4H3. The first-order valence-electron chi connectivity index (χ1n) is 33.3. The quantitative estimate of drug-likeness (QED) is 0.0263. The zero-order chi connectivity index (χ0) is 66.9. The second kappa shape index (κ2) is 43.0. The Kier molecular flexibility index (Phi) is 39.2. The Morgan fingerprint density at radius 3 is 0.865 bits per heavy atom. The number of hydrogen-bond donors (Lipinski definition) is 0. The van der Waals surface area contributed by atoms with E-state index in [9.17, 15) is 33.6 Å². The van der Waals surface area contributed by atoms with Gasteiger partial charge in [0.2, 0.25) is 0 Å². The number of ether oxygens (including phenoxy) is 14. The number of carbonyl (C=O) groups is 7. The molecule has 5 rings (SSSR count). The molecular formula is C68H120O21. The molecule has 0 saturated heterocycles. The van der Waals surface area contributed by atoms with Gasteiger partial charge in [-0.2, -0.15) is 0 Å². The van der Waals surface area contributed by atoms with Crippen molar-refractivity contribution in [2.24, 2.45) is 100 Å². The van der Waals surface area contributed by atoms with Crippen LogP contribution in [0, 0.1) is 100 Å². The smallest absolute Gasteiger partial charge is 0.312 e. The molecule has 16 unspecified atom stereocenters. The Bertz CT molecular complexity index is 2010. The van der Waals surface area contributed by atoms with Crippen molar-refractivity contribution in [3.8, 4) is 0 Å². The Morgan fingerprint density at radius 1 is 0.348 bits per heavy atom. The lowest BCUT2D eigenvalue weighted by atomic mass is 9.85. The summed E-state index contributed by atoms with van der Waals surface area (Å²) in [5.41, 5.74) is -0.313. The Hall–Kier alpha value is -3.99. The van der Waals surface area contributed by atoms with Gasteiger partial charge in [-0.15, -0.1) is 0 Å². The predicted molar refractivity (Wildman–Crippen MR) is 332 cm³/mol. The fraction of sp³-hybridized carbons (Fsp3) is 0.897. The summed E-state index contributed by atoms with van der Waals surface area (Å²) in [4.78, 5) is 87.6. The van der Waals surface area contributed by atoms with E-state index in [1.807, 2.05) is 48.5 Å². The van der Waals surface area contributed by atoms with E-state index in [0.29, 0.717) is 25.0 Å². The molecule has 0 aromatic rings. The third-order valence-corrected chi connectivity index (χ3v) is 19.6. The number of rotatable bonds is 32. The van der Waals surface area contributed by atoms with Gasteiger partial charge in [0.25, 0.3) is 0 Å². The Labute approximate surface area is 534 Å². The minimum absolute atomic E-state index is 0.00548. The molecule has 21 nitrogen and oxygen atoms in total. The summed E-state index contributed by atoms with van der Waals surface area (Å²) in [6.45, 7) is 25.6. The molecule has 0 N–H and O–H groups in total. The van der Waals surface area contributed by atoms with Crippen LogP contribution in [0.4, 0.5) is 0 Å². The highest BCUT2D eigenvalue weighted by molar-refractivity contribution is 5.85. The van der Waals surface area contributed by atoms with Crippen molar-refractivity contribution in [3.05, 3.63) is 0 Å². The lowest BCUT2D eigenvalue weighted by molar-refractivity contribution is -0.176. The Balaban J connectivity index is 0.000000408. The molecule has 518 valence electrons. The molecule has 0 aromatic heterocycles. The molecule has 0 radical (unpaired) electrons. The first kappa shape index (κ1) is 81.1. The molecule has 0 aliphatic heterocycles. The summed E-state index contributed by atoms with van der Waals surface area (Å²) in [7, 11) is 9.10. The highest BCUT2D eigenvalue weighted by atomic mass is 16.7. The molecule has 21 heteroatoms. The molecule has 16 atom stereocenters. The van der Waals surface area contributed by atoms with E-state index in [1.54, 1.807) is 7.11 Å². The van der Waals surface area contributed by atoms with Crippen LogP contribution in [0.25, 0.3) is 0 Å². The summed E-state index contributed by atoms with van der Waals surface area (Å²) in [6.07, 6.45) is 15.8. The second-order valence-electron chi connectivity index (χ2n) is 26.1. The highest BCUT2D eigenvalue weighted by Gasteiger charge is 2.54. The van der Waals surface area contributed by atoms with Crippen molar-refractivity contribution in [2.45, 2.75) is 198 Å². The van der Waals surface area contributed by atoms with Crippen molar-refractivity contribution in [1.82, 2.24) is 0 Å². The lowest BCUT2D eigenvalue weighted by Gasteiger charge is -2.32. The third kappa shape index (κ3) is 24.5. The molecule has 5 fully saturated rings. The SMILES string of the molecule is CCC1CC(CC)C(C(=O)OC2(CC)CCCC2)C1C(=O)OCOC.CCC1CC(CC)C(C(=O)OCOC)C1C(=O)OCOC.CCC1CC(CC)C(C(=O)OCOC)C1COC.CCC1CC(CC)C(C(=O)OCOCC(C)(C)C)C1C(=O)OCOC. The largest absolute Gasteiger partial charge is 0.459 e. The van der Waals surface area contributed by atoms with Crippen molar-refractivity contribution < 1.29 is 99.9 Å². The summed E-state index contributed by atoms with van der Waals surface area (Å²) in [5, 5.41) is 0. The fourth-order valence-corrected chi connectivity index (χ4v) is 14.8. The minimum atomic E-state index is -0.474. The number of carbonyl (C=O) groups excluding carboxylic acids is 7. The monoisotopic (exact) mass is 1270 g/mol. The summed E-state index contributed by atoms with van der Waals surface area (Å²) < 4.78 is 71.9. The Morgan fingerprint density at radius 2 is 0.607 bits per heavy atom. The van der Waals surface area contributed by atoms with Crippen LogP contribution in [0.5, 0.6) is 0 Å². The molecule has 5 saturated carbocycles. The minimum Gasteiger partial charge on any atom is -0.459 e. The molecule has 0 heterocycles. The van der Waals surface area contributed by atoms with Gasteiger partial charge >= 0.3 is 41.8 Å². The summed E-state index contributed by atoms with van der Waals surface area (Å²) in [5.74, 6) is -2.65. The highest BCUT2D eigenvalue weighted by Crippen LogP contribution is 2.50. The van der Waals surface area contributed by atoms with Crippen LogP contribution in [-0.2, 0) is 99.9 Å². The maximum Gasteiger partial charge on any atom is 0.312 e. The zero-order valence-electron chi connectivity index (χ0n) is 58.0. The number of esters is 7. The van der Waals surface area contributed by atoms with Crippen molar-refractivity contribution in [1.29, 1.82) is 0 Å². The van der Waals surface area contributed by atoms with E-state index in [0.717, 1.165) is 109 Å². The van der Waals surface area contributed by atoms with Crippen molar-refractivity contribution in [2.75, 3.05) is 96.6 Å². The first-order valence-corrected chi connectivity index (χ1v) is 33.3. The molecular weight excluding hydrogens is 1150 g/mol. The number of hydrogen-bond acceptors (Lipinski definition) is 21. The van der Waals surface area contributed by atoms with Crippen LogP contribution in [-0.4, -0.2) is 144 Å². The first-order chi connectivity index (χ1) is 42.5. The molecule has 89 heavy (non-hydrogen) atoms. The van der Waals surface area contributed by atoms with Gasteiger partial charge in [0.15, 0.2) is 40.8 Å². The van der Waals surface area contributed by atoms with Crippen LogP contribution in [0.3, 0.4) is 0 Å². The van der Waals surface area contributed by atoms with E-state index in [-0.39, 0.29) is 147 Å². The summed E-state index contributed by atoms with van der Waals surface area (Å²) >= 11 is 0. The van der Waals surface area contributed by atoms with Gasteiger partial charge < -0.3 is 66.3 Å². The maximum absolute atomic E-state index is 13.1. The predicted octanol–water partition coefficient (Wildman–Crippen LogP) is 11.9. The topological polar surface area (TPSA) is 249 Å².